The number of rotatable bonds is 7. The van der Waals surface area contributed by atoms with Crippen LogP contribution in [0.3, 0.4) is 0 Å². The second kappa shape index (κ2) is 9.04. The van der Waals surface area contributed by atoms with Crippen LogP contribution in [0, 0.1) is 13.8 Å². The first kappa shape index (κ1) is 19.5. The number of benzene rings is 2. The van der Waals surface area contributed by atoms with Gasteiger partial charge in [-0.25, -0.2) is 0 Å². The third kappa shape index (κ3) is 5.92. The molecule has 2 N–H and O–H groups in total. The Balaban J connectivity index is 1.88. The maximum Gasteiger partial charge on any atom is 0.262 e. The van der Waals surface area contributed by atoms with Crippen molar-refractivity contribution in [1.29, 1.82) is 0 Å². The zero-order valence-electron chi connectivity index (χ0n) is 15.8. The minimum atomic E-state index is -0.249. The quantitative estimate of drug-likeness (QED) is 0.794. The molecule has 5 heteroatoms. The molecule has 2 aromatic rings. The summed E-state index contributed by atoms with van der Waals surface area (Å²) in [4.78, 5) is 24.1. The summed E-state index contributed by atoms with van der Waals surface area (Å²) in [7, 11) is 0. The molecule has 0 aromatic heterocycles. The highest BCUT2D eigenvalue weighted by molar-refractivity contribution is 5.96. The summed E-state index contributed by atoms with van der Waals surface area (Å²) in [5.41, 5.74) is 3.37. The molecule has 1 atom stereocenters. The lowest BCUT2D eigenvalue weighted by Crippen LogP contribution is -2.31. The molecule has 138 valence electrons. The number of aryl methyl sites for hydroxylation is 2. The van der Waals surface area contributed by atoms with Crippen molar-refractivity contribution in [2.75, 3.05) is 11.9 Å². The van der Waals surface area contributed by atoms with E-state index in [0.29, 0.717) is 17.0 Å². The lowest BCUT2D eigenvalue weighted by atomic mass is 10.1. The van der Waals surface area contributed by atoms with Crippen LogP contribution in [0.15, 0.2) is 42.5 Å². The minimum absolute atomic E-state index is 0.0703. The van der Waals surface area contributed by atoms with Crippen molar-refractivity contribution in [3.05, 3.63) is 59.2 Å². The monoisotopic (exact) mass is 354 g/mol. The van der Waals surface area contributed by atoms with Crippen LogP contribution in [-0.4, -0.2) is 24.5 Å². The number of hydrogen-bond acceptors (Lipinski definition) is 3. The summed E-state index contributed by atoms with van der Waals surface area (Å²) >= 11 is 0. The lowest BCUT2D eigenvalue weighted by molar-refractivity contribution is -0.118. The fraction of sp³-hybridized carbons (Fsp3) is 0.333. The Morgan fingerprint density at radius 3 is 2.23 bits per heavy atom. The predicted octanol–water partition coefficient (Wildman–Crippen LogP) is 3.85. The molecule has 2 amide bonds. The average Bonchev–Trinajstić information content (AvgIpc) is 2.59. The smallest absolute Gasteiger partial charge is 0.262 e. The van der Waals surface area contributed by atoms with E-state index in [1.807, 2.05) is 45.9 Å². The number of carbonyl (C=O) groups is 2. The fourth-order valence-corrected chi connectivity index (χ4v) is 2.48. The second-order valence-corrected chi connectivity index (χ2v) is 6.52. The van der Waals surface area contributed by atoms with Crippen molar-refractivity contribution in [1.82, 2.24) is 5.32 Å². The molecule has 0 fully saturated rings. The first-order chi connectivity index (χ1) is 12.4. The van der Waals surface area contributed by atoms with Gasteiger partial charge in [-0.1, -0.05) is 13.0 Å². The summed E-state index contributed by atoms with van der Waals surface area (Å²) in [6, 6.07) is 12.8. The van der Waals surface area contributed by atoms with Gasteiger partial charge in [0, 0.05) is 17.3 Å². The Bertz CT molecular complexity index is 749. The molecule has 0 saturated heterocycles. The Morgan fingerprint density at radius 2 is 1.65 bits per heavy atom. The summed E-state index contributed by atoms with van der Waals surface area (Å²) in [5.74, 6) is 0.311. The van der Waals surface area contributed by atoms with Gasteiger partial charge in [0.05, 0.1) is 0 Å². The first-order valence-corrected chi connectivity index (χ1v) is 8.79. The molecule has 0 aliphatic heterocycles. The number of nitrogens with one attached hydrogen (secondary N) is 2. The molecular weight excluding hydrogens is 328 g/mol. The van der Waals surface area contributed by atoms with Crippen molar-refractivity contribution in [3.63, 3.8) is 0 Å². The van der Waals surface area contributed by atoms with Gasteiger partial charge in [-0.3, -0.25) is 9.59 Å². The highest BCUT2D eigenvalue weighted by Crippen LogP contribution is 2.16. The van der Waals surface area contributed by atoms with Gasteiger partial charge in [-0.05, 0) is 74.7 Å². The van der Waals surface area contributed by atoms with Gasteiger partial charge in [0.25, 0.3) is 11.8 Å². The second-order valence-electron chi connectivity index (χ2n) is 6.52. The van der Waals surface area contributed by atoms with E-state index in [4.69, 9.17) is 4.74 Å². The van der Waals surface area contributed by atoms with E-state index in [2.05, 4.69) is 10.6 Å². The van der Waals surface area contributed by atoms with E-state index in [1.54, 1.807) is 24.3 Å². The van der Waals surface area contributed by atoms with Crippen molar-refractivity contribution in [2.45, 2.75) is 40.2 Å². The topological polar surface area (TPSA) is 67.4 Å². The van der Waals surface area contributed by atoms with E-state index in [-0.39, 0.29) is 24.5 Å². The average molecular weight is 354 g/mol. The molecule has 0 aliphatic rings. The number of amides is 2. The van der Waals surface area contributed by atoms with Gasteiger partial charge in [0.1, 0.15) is 5.75 Å². The van der Waals surface area contributed by atoms with Crippen molar-refractivity contribution in [2.24, 2.45) is 0 Å². The highest BCUT2D eigenvalue weighted by atomic mass is 16.5. The third-order valence-corrected chi connectivity index (χ3v) is 3.99. The number of carbonyl (C=O) groups excluding carboxylic acids is 2. The minimum Gasteiger partial charge on any atom is -0.484 e. The van der Waals surface area contributed by atoms with E-state index in [0.717, 1.165) is 17.5 Å². The maximum absolute atomic E-state index is 12.0. The Morgan fingerprint density at radius 1 is 1.04 bits per heavy atom. The van der Waals surface area contributed by atoms with Gasteiger partial charge in [-0.15, -0.1) is 0 Å². The molecule has 0 aliphatic carbocycles. The van der Waals surface area contributed by atoms with Gasteiger partial charge in [0.15, 0.2) is 6.61 Å². The molecule has 0 saturated carbocycles. The summed E-state index contributed by atoms with van der Waals surface area (Å²) in [5, 5.41) is 5.67. The third-order valence-electron chi connectivity index (χ3n) is 3.99. The van der Waals surface area contributed by atoms with Crippen LogP contribution in [0.2, 0.25) is 0 Å². The molecule has 26 heavy (non-hydrogen) atoms. The Kier molecular flexibility index (Phi) is 6.78. The maximum atomic E-state index is 12.0. The first-order valence-electron chi connectivity index (χ1n) is 8.79. The molecule has 5 nitrogen and oxygen atoms in total. The predicted molar refractivity (Wildman–Crippen MR) is 104 cm³/mol. The van der Waals surface area contributed by atoms with E-state index in [1.165, 1.54) is 0 Å². The van der Waals surface area contributed by atoms with Crippen LogP contribution in [-0.2, 0) is 4.79 Å². The van der Waals surface area contributed by atoms with Crippen molar-refractivity contribution in [3.8, 4) is 5.75 Å². The van der Waals surface area contributed by atoms with Crippen LogP contribution in [0.25, 0.3) is 0 Å². The molecule has 0 spiro atoms. The summed E-state index contributed by atoms with van der Waals surface area (Å²) in [6.45, 7) is 7.88. The van der Waals surface area contributed by atoms with Crippen LogP contribution in [0.5, 0.6) is 5.75 Å². The molecular formula is C21H26N2O3. The van der Waals surface area contributed by atoms with Crippen LogP contribution < -0.4 is 15.4 Å². The van der Waals surface area contributed by atoms with E-state index < -0.39 is 0 Å². The zero-order valence-corrected chi connectivity index (χ0v) is 15.8. The Hall–Kier alpha value is -2.82. The summed E-state index contributed by atoms with van der Waals surface area (Å²) in [6.07, 6.45) is 0.875. The molecule has 1 unspecified atom stereocenters. The zero-order chi connectivity index (χ0) is 19.1. The molecule has 0 radical (unpaired) electrons. The van der Waals surface area contributed by atoms with Gasteiger partial charge in [0.2, 0.25) is 0 Å². The number of hydrogen-bond donors (Lipinski definition) is 2. The van der Waals surface area contributed by atoms with Crippen molar-refractivity contribution >= 4 is 17.5 Å². The highest BCUT2D eigenvalue weighted by Gasteiger charge is 2.09. The van der Waals surface area contributed by atoms with Crippen molar-refractivity contribution < 1.29 is 14.3 Å². The number of ether oxygens (including phenoxy) is 1. The molecule has 2 rings (SSSR count). The Labute approximate surface area is 154 Å². The molecule has 0 bridgehead atoms. The van der Waals surface area contributed by atoms with Crippen LogP contribution in [0.4, 0.5) is 5.69 Å². The lowest BCUT2D eigenvalue weighted by Gasteiger charge is -2.12. The van der Waals surface area contributed by atoms with E-state index >= 15 is 0 Å². The van der Waals surface area contributed by atoms with Gasteiger partial charge >= 0.3 is 0 Å². The standard InChI is InChI=1S/C21H26N2O3/c1-5-16(4)22-21(25)17-6-8-18(9-7-17)23-20(24)13-26-19-11-14(2)10-15(3)12-19/h6-12,16H,5,13H2,1-4H3,(H,22,25)(H,23,24). The fourth-order valence-electron chi connectivity index (χ4n) is 2.48. The van der Waals surface area contributed by atoms with Crippen LogP contribution in [0.1, 0.15) is 41.8 Å². The van der Waals surface area contributed by atoms with Gasteiger partial charge in [-0.2, -0.15) is 0 Å². The normalized spacial score (nSPS) is 11.5. The number of anilines is 1. The largest absolute Gasteiger partial charge is 0.484 e. The summed E-state index contributed by atoms with van der Waals surface area (Å²) < 4.78 is 5.54. The molecule has 2 aromatic carbocycles. The molecule has 0 heterocycles. The van der Waals surface area contributed by atoms with Crippen LogP contribution >= 0.6 is 0 Å². The SMILES string of the molecule is CCC(C)NC(=O)c1ccc(NC(=O)COc2cc(C)cc(C)c2)cc1. The van der Waals surface area contributed by atoms with E-state index in [9.17, 15) is 9.59 Å². The van der Waals surface area contributed by atoms with Gasteiger partial charge < -0.3 is 15.4 Å².